The predicted octanol–water partition coefficient (Wildman–Crippen LogP) is 11.9. The quantitative estimate of drug-likeness (QED) is 0.173. The minimum absolute atomic E-state index is 0.605. The lowest BCUT2D eigenvalue weighted by Crippen LogP contribution is -2.28. The van der Waals surface area contributed by atoms with E-state index in [2.05, 4.69) is 164 Å². The molecule has 9 aromatic rings. The van der Waals surface area contributed by atoms with Crippen molar-refractivity contribution in [2.75, 3.05) is 0 Å². The molecule has 256 valence electrons. The summed E-state index contributed by atoms with van der Waals surface area (Å²) in [6.07, 6.45) is 0. The topological polar surface area (TPSA) is 62.5 Å². The van der Waals surface area contributed by atoms with Gasteiger partial charge in [-0.2, -0.15) is 5.26 Å². The van der Waals surface area contributed by atoms with E-state index in [1.165, 1.54) is 5.56 Å². The van der Waals surface area contributed by atoms with Gasteiger partial charge >= 0.3 is 0 Å². The second-order valence-corrected chi connectivity index (χ2v) is 13.9. The third-order valence-electron chi connectivity index (χ3n) is 10.8. The highest BCUT2D eigenvalue weighted by atomic mass is 15.0. The predicted molar refractivity (Wildman–Crippen MR) is 221 cm³/mol. The molecule has 10 rings (SSSR count). The number of rotatable bonds is 6. The van der Waals surface area contributed by atoms with Crippen LogP contribution < -0.4 is 0 Å². The van der Waals surface area contributed by atoms with Crippen LogP contribution in [0, 0.1) is 11.3 Å². The van der Waals surface area contributed by atoms with E-state index in [9.17, 15) is 5.26 Å². The van der Waals surface area contributed by atoms with Gasteiger partial charge in [-0.15, -0.1) is 0 Å². The van der Waals surface area contributed by atoms with Crippen molar-refractivity contribution < 1.29 is 0 Å². The third kappa shape index (κ3) is 5.25. The summed E-state index contributed by atoms with van der Waals surface area (Å²) in [4.78, 5) is 15.3. The minimum atomic E-state index is -0.625. The number of hydrogen-bond acceptors (Lipinski definition) is 4. The van der Waals surface area contributed by atoms with Crippen LogP contribution >= 0.6 is 0 Å². The summed E-state index contributed by atoms with van der Waals surface area (Å²) in [5, 5.41) is 12.4. The van der Waals surface area contributed by atoms with Gasteiger partial charge in [-0.3, -0.25) is 0 Å². The Balaban J connectivity index is 1.20. The van der Waals surface area contributed by atoms with E-state index in [0.29, 0.717) is 23.0 Å². The molecule has 8 aromatic carbocycles. The van der Waals surface area contributed by atoms with Crippen LogP contribution in [-0.2, 0) is 5.41 Å². The van der Waals surface area contributed by atoms with Crippen LogP contribution in [0.4, 0.5) is 0 Å². The zero-order chi connectivity index (χ0) is 36.8. The van der Waals surface area contributed by atoms with Crippen molar-refractivity contribution in [2.24, 2.45) is 0 Å². The molecular formula is C51H32N4. The first-order chi connectivity index (χ1) is 27.2. The molecule has 0 spiro atoms. The lowest BCUT2D eigenvalue weighted by Gasteiger charge is -2.34. The van der Waals surface area contributed by atoms with Crippen molar-refractivity contribution >= 4 is 10.8 Å². The second-order valence-electron chi connectivity index (χ2n) is 13.9. The summed E-state index contributed by atoms with van der Waals surface area (Å²) in [7, 11) is 0. The average molecular weight is 701 g/mol. The van der Waals surface area contributed by atoms with Crippen LogP contribution in [0.3, 0.4) is 0 Å². The molecule has 0 amide bonds. The number of benzene rings is 8. The number of hydrogen-bond donors (Lipinski definition) is 0. The Hall–Kier alpha value is -7.48. The fourth-order valence-corrected chi connectivity index (χ4v) is 8.44. The van der Waals surface area contributed by atoms with Gasteiger partial charge in [0, 0.05) is 16.7 Å². The summed E-state index contributed by atoms with van der Waals surface area (Å²) in [6, 6.07) is 69.8. The van der Waals surface area contributed by atoms with Gasteiger partial charge in [0.1, 0.15) is 0 Å². The highest BCUT2D eigenvalue weighted by Crippen LogP contribution is 2.58. The molecule has 0 unspecified atom stereocenters. The lowest BCUT2D eigenvalue weighted by atomic mass is 9.67. The van der Waals surface area contributed by atoms with Gasteiger partial charge in [0.25, 0.3) is 0 Å². The van der Waals surface area contributed by atoms with E-state index in [1.807, 2.05) is 36.4 Å². The molecule has 0 bridgehead atoms. The summed E-state index contributed by atoms with van der Waals surface area (Å²) in [5.41, 5.74) is 11.8. The third-order valence-corrected chi connectivity index (χ3v) is 10.8. The Morgan fingerprint density at radius 2 is 0.964 bits per heavy atom. The maximum absolute atomic E-state index is 10.1. The smallest absolute Gasteiger partial charge is 0.164 e. The van der Waals surface area contributed by atoms with Gasteiger partial charge in [0.2, 0.25) is 0 Å². The van der Waals surface area contributed by atoms with Gasteiger partial charge < -0.3 is 0 Å². The minimum Gasteiger partial charge on any atom is -0.208 e. The van der Waals surface area contributed by atoms with E-state index in [1.54, 1.807) is 0 Å². The molecule has 0 saturated carbocycles. The highest BCUT2D eigenvalue weighted by Gasteiger charge is 2.47. The number of nitrogens with zero attached hydrogens (tertiary/aromatic N) is 4. The molecule has 0 aliphatic heterocycles. The first kappa shape index (κ1) is 32.2. The Labute approximate surface area is 319 Å². The Morgan fingerprint density at radius 1 is 0.400 bits per heavy atom. The molecule has 0 N–H and O–H groups in total. The number of fused-ring (bicyclic) bond motifs is 4. The van der Waals surface area contributed by atoms with Crippen molar-refractivity contribution in [3.63, 3.8) is 0 Å². The molecule has 0 fully saturated rings. The van der Waals surface area contributed by atoms with Crippen molar-refractivity contribution in [3.05, 3.63) is 222 Å². The molecule has 1 heterocycles. The van der Waals surface area contributed by atoms with Gasteiger partial charge in [-0.1, -0.05) is 176 Å². The zero-order valence-corrected chi connectivity index (χ0v) is 29.8. The first-order valence-electron chi connectivity index (χ1n) is 18.4. The van der Waals surface area contributed by atoms with Crippen LogP contribution in [0.25, 0.3) is 67.2 Å². The SMILES string of the molecule is N#Cc1ccc2c(c1)C(c1ccccc1)(c1ccccc1)c1cccc(-c3cccc(-c4nc(-c5ccccc5)nc(-c5cccc6ccccc56)n4)c3)c1-2. The molecule has 0 saturated heterocycles. The molecule has 0 radical (unpaired) electrons. The first-order valence-corrected chi connectivity index (χ1v) is 18.4. The maximum Gasteiger partial charge on any atom is 0.164 e. The fourth-order valence-electron chi connectivity index (χ4n) is 8.44. The van der Waals surface area contributed by atoms with Crippen LogP contribution in [0.5, 0.6) is 0 Å². The molecule has 4 heteroatoms. The van der Waals surface area contributed by atoms with E-state index >= 15 is 0 Å². The van der Waals surface area contributed by atoms with Crippen LogP contribution in [0.15, 0.2) is 194 Å². The van der Waals surface area contributed by atoms with Crippen molar-refractivity contribution in [2.45, 2.75) is 5.41 Å². The average Bonchev–Trinajstić information content (AvgIpc) is 3.57. The van der Waals surface area contributed by atoms with Gasteiger partial charge in [-0.05, 0) is 73.5 Å². The number of nitriles is 1. The Bertz CT molecular complexity index is 2890. The van der Waals surface area contributed by atoms with Crippen molar-refractivity contribution in [1.29, 1.82) is 5.26 Å². The van der Waals surface area contributed by atoms with Gasteiger partial charge in [-0.25, -0.2) is 15.0 Å². The number of aromatic nitrogens is 3. The van der Waals surface area contributed by atoms with Gasteiger partial charge in [0.15, 0.2) is 17.5 Å². The summed E-state index contributed by atoms with van der Waals surface area (Å²) in [5.74, 6) is 1.86. The zero-order valence-electron chi connectivity index (χ0n) is 29.8. The maximum atomic E-state index is 10.1. The monoisotopic (exact) mass is 700 g/mol. The van der Waals surface area contributed by atoms with Gasteiger partial charge in [0.05, 0.1) is 17.0 Å². The molecule has 1 aliphatic carbocycles. The second kappa shape index (κ2) is 13.2. The van der Waals surface area contributed by atoms with Crippen molar-refractivity contribution in [3.8, 4) is 62.5 Å². The van der Waals surface area contributed by atoms with Crippen LogP contribution in [0.2, 0.25) is 0 Å². The Morgan fingerprint density at radius 3 is 1.71 bits per heavy atom. The van der Waals surface area contributed by atoms with E-state index < -0.39 is 5.41 Å². The van der Waals surface area contributed by atoms with E-state index in [4.69, 9.17) is 15.0 Å². The fraction of sp³-hybridized carbons (Fsp3) is 0.0196. The molecule has 55 heavy (non-hydrogen) atoms. The van der Waals surface area contributed by atoms with Crippen LogP contribution in [-0.4, -0.2) is 15.0 Å². The molecule has 4 nitrogen and oxygen atoms in total. The molecular weight excluding hydrogens is 669 g/mol. The highest BCUT2D eigenvalue weighted by molar-refractivity contribution is 5.97. The largest absolute Gasteiger partial charge is 0.208 e. The molecule has 1 aliphatic rings. The Kier molecular flexibility index (Phi) is 7.71. The standard InChI is InChI=1S/C51H32N4/c52-33-34-29-30-44-46(31-34)51(39-21-6-2-7-22-39,40-23-8-3-9-24-40)45-28-14-26-42(47(44)45)37-19-12-20-38(32-37)49-53-48(36-16-4-1-5-17-36)54-50(55-49)43-27-13-18-35-15-10-11-25-41(35)43/h1-32H. The summed E-state index contributed by atoms with van der Waals surface area (Å²) >= 11 is 0. The lowest BCUT2D eigenvalue weighted by molar-refractivity contribution is 0.768. The molecule has 1 aromatic heterocycles. The summed E-state index contributed by atoms with van der Waals surface area (Å²) < 4.78 is 0. The van der Waals surface area contributed by atoms with Crippen molar-refractivity contribution in [1.82, 2.24) is 15.0 Å². The normalized spacial score (nSPS) is 12.5. The molecule has 0 atom stereocenters. The van der Waals surface area contributed by atoms with E-state index in [-0.39, 0.29) is 0 Å². The van der Waals surface area contributed by atoms with Crippen LogP contribution in [0.1, 0.15) is 27.8 Å². The summed E-state index contributed by atoms with van der Waals surface area (Å²) in [6.45, 7) is 0. The van der Waals surface area contributed by atoms with E-state index in [0.717, 1.165) is 66.4 Å².